The van der Waals surface area contributed by atoms with Gasteiger partial charge in [-0.25, -0.2) is 0 Å². The molecule has 0 saturated carbocycles. The van der Waals surface area contributed by atoms with Gasteiger partial charge in [0.2, 0.25) is 0 Å². The van der Waals surface area contributed by atoms with Crippen LogP contribution in [-0.2, 0) is 0 Å². The van der Waals surface area contributed by atoms with Crippen molar-refractivity contribution in [3.8, 4) is 22.3 Å². The zero-order valence-electron chi connectivity index (χ0n) is 19.0. The molecule has 0 unspecified atom stereocenters. The standard InChI is InChI=1S/C34H20S/c1-2-10-31-28(9-1)30-20-25(15-18-32(30)35-31)24-7-4-8-26(19-24)27-16-13-23-12-11-21-5-3-6-22-14-17-29(27)34(23)33(21)22/h1-20H. The van der Waals surface area contributed by atoms with Crippen LogP contribution in [0.2, 0.25) is 0 Å². The summed E-state index contributed by atoms with van der Waals surface area (Å²) < 4.78 is 2.69. The third-order valence-electron chi connectivity index (χ3n) is 7.41. The van der Waals surface area contributed by atoms with Crippen molar-refractivity contribution in [1.29, 1.82) is 0 Å². The number of hydrogen-bond acceptors (Lipinski definition) is 1. The molecule has 162 valence electrons. The van der Waals surface area contributed by atoms with Gasteiger partial charge in [0.25, 0.3) is 0 Å². The average molecular weight is 461 g/mol. The second kappa shape index (κ2) is 7.15. The van der Waals surface area contributed by atoms with E-state index >= 15 is 0 Å². The molecular weight excluding hydrogens is 440 g/mol. The Kier molecular flexibility index (Phi) is 3.91. The lowest BCUT2D eigenvalue weighted by molar-refractivity contribution is 1.63. The Hall–Kier alpha value is -4.20. The number of rotatable bonds is 2. The highest BCUT2D eigenvalue weighted by Gasteiger charge is 2.13. The second-order valence-corrected chi connectivity index (χ2v) is 10.4. The molecule has 0 saturated heterocycles. The Bertz CT molecular complexity index is 2040. The van der Waals surface area contributed by atoms with Crippen molar-refractivity contribution in [2.45, 2.75) is 0 Å². The van der Waals surface area contributed by atoms with Crippen LogP contribution in [0.1, 0.15) is 0 Å². The van der Waals surface area contributed by atoms with Gasteiger partial charge in [-0.2, -0.15) is 0 Å². The summed E-state index contributed by atoms with van der Waals surface area (Å²) >= 11 is 1.87. The molecule has 35 heavy (non-hydrogen) atoms. The molecule has 8 rings (SSSR count). The Morgan fingerprint density at radius 3 is 1.97 bits per heavy atom. The van der Waals surface area contributed by atoms with E-state index in [0.29, 0.717) is 0 Å². The average Bonchev–Trinajstić information content (AvgIpc) is 3.30. The van der Waals surface area contributed by atoms with Crippen LogP contribution in [0, 0.1) is 0 Å². The minimum atomic E-state index is 1.25. The Morgan fingerprint density at radius 2 is 1.06 bits per heavy atom. The van der Waals surface area contributed by atoms with Crippen LogP contribution in [0.5, 0.6) is 0 Å². The van der Waals surface area contributed by atoms with Crippen molar-refractivity contribution in [2.75, 3.05) is 0 Å². The lowest BCUT2D eigenvalue weighted by Gasteiger charge is -2.14. The highest BCUT2D eigenvalue weighted by atomic mass is 32.1. The van der Waals surface area contributed by atoms with Gasteiger partial charge in [0.1, 0.15) is 0 Å². The van der Waals surface area contributed by atoms with E-state index in [-0.39, 0.29) is 0 Å². The molecule has 7 aromatic carbocycles. The van der Waals surface area contributed by atoms with Crippen molar-refractivity contribution in [3.63, 3.8) is 0 Å². The van der Waals surface area contributed by atoms with Crippen LogP contribution in [-0.4, -0.2) is 0 Å². The second-order valence-electron chi connectivity index (χ2n) is 9.36. The molecule has 8 aromatic rings. The van der Waals surface area contributed by atoms with Crippen LogP contribution >= 0.6 is 11.3 Å². The summed E-state index contributed by atoms with van der Waals surface area (Å²) in [5.41, 5.74) is 5.07. The summed E-state index contributed by atoms with van der Waals surface area (Å²) in [5.74, 6) is 0. The minimum Gasteiger partial charge on any atom is -0.135 e. The summed E-state index contributed by atoms with van der Waals surface area (Å²) in [6.45, 7) is 0. The summed E-state index contributed by atoms with van der Waals surface area (Å²) in [4.78, 5) is 0. The van der Waals surface area contributed by atoms with Crippen molar-refractivity contribution >= 4 is 63.8 Å². The van der Waals surface area contributed by atoms with Crippen molar-refractivity contribution in [2.24, 2.45) is 0 Å². The van der Waals surface area contributed by atoms with Crippen LogP contribution in [0.25, 0.3) is 74.7 Å². The molecule has 1 heterocycles. The smallest absolute Gasteiger partial charge is 0.0355 e. The van der Waals surface area contributed by atoms with E-state index in [1.165, 1.54) is 74.7 Å². The molecule has 0 aliphatic rings. The van der Waals surface area contributed by atoms with Crippen molar-refractivity contribution in [3.05, 3.63) is 121 Å². The van der Waals surface area contributed by atoms with Crippen LogP contribution in [0.4, 0.5) is 0 Å². The summed E-state index contributed by atoms with van der Waals surface area (Å²) in [6, 6.07) is 44.9. The fourth-order valence-corrected chi connectivity index (χ4v) is 6.85. The van der Waals surface area contributed by atoms with Gasteiger partial charge in [0.05, 0.1) is 0 Å². The predicted molar refractivity (Wildman–Crippen MR) is 154 cm³/mol. The lowest BCUT2D eigenvalue weighted by Crippen LogP contribution is -1.87. The highest BCUT2D eigenvalue weighted by molar-refractivity contribution is 7.25. The van der Waals surface area contributed by atoms with Gasteiger partial charge < -0.3 is 0 Å². The van der Waals surface area contributed by atoms with E-state index in [9.17, 15) is 0 Å². The summed E-state index contributed by atoms with van der Waals surface area (Å²) in [5, 5.41) is 10.7. The van der Waals surface area contributed by atoms with E-state index in [4.69, 9.17) is 0 Å². The molecule has 0 spiro atoms. The van der Waals surface area contributed by atoms with Gasteiger partial charge in [-0.3, -0.25) is 0 Å². The third-order valence-corrected chi connectivity index (χ3v) is 8.56. The molecule has 0 atom stereocenters. The molecule has 0 aliphatic carbocycles. The summed E-state index contributed by atoms with van der Waals surface area (Å²) in [6.07, 6.45) is 0. The van der Waals surface area contributed by atoms with Gasteiger partial charge in [-0.05, 0) is 78.8 Å². The molecule has 0 amide bonds. The maximum absolute atomic E-state index is 2.36. The van der Waals surface area contributed by atoms with Gasteiger partial charge in [-0.1, -0.05) is 97.1 Å². The Morgan fingerprint density at radius 1 is 0.371 bits per heavy atom. The van der Waals surface area contributed by atoms with Gasteiger partial charge in [-0.15, -0.1) is 11.3 Å². The Balaban J connectivity index is 1.34. The largest absolute Gasteiger partial charge is 0.135 e. The number of fused-ring (bicyclic) bond motifs is 3. The normalized spacial score (nSPS) is 12.0. The van der Waals surface area contributed by atoms with E-state index in [2.05, 4.69) is 121 Å². The molecule has 0 fully saturated rings. The molecule has 0 nitrogen and oxygen atoms in total. The minimum absolute atomic E-state index is 1.25. The maximum Gasteiger partial charge on any atom is 0.0355 e. The number of benzene rings is 7. The van der Waals surface area contributed by atoms with E-state index < -0.39 is 0 Å². The fraction of sp³-hybridized carbons (Fsp3) is 0. The molecule has 0 N–H and O–H groups in total. The zero-order valence-corrected chi connectivity index (χ0v) is 19.8. The number of thiophene rings is 1. The topological polar surface area (TPSA) is 0 Å². The van der Waals surface area contributed by atoms with Gasteiger partial charge in [0.15, 0.2) is 0 Å². The molecular formula is C34H20S. The fourth-order valence-electron chi connectivity index (χ4n) is 5.76. The predicted octanol–water partition coefficient (Wildman–Crippen LogP) is 10.3. The zero-order chi connectivity index (χ0) is 22.9. The van der Waals surface area contributed by atoms with Gasteiger partial charge >= 0.3 is 0 Å². The molecule has 0 bridgehead atoms. The maximum atomic E-state index is 2.36. The quantitative estimate of drug-likeness (QED) is 0.225. The van der Waals surface area contributed by atoms with Gasteiger partial charge in [0, 0.05) is 20.2 Å². The van der Waals surface area contributed by atoms with Crippen LogP contribution in [0.15, 0.2) is 121 Å². The monoisotopic (exact) mass is 460 g/mol. The van der Waals surface area contributed by atoms with Crippen LogP contribution < -0.4 is 0 Å². The Labute approximate surface area is 207 Å². The number of hydrogen-bond donors (Lipinski definition) is 0. The van der Waals surface area contributed by atoms with E-state index in [1.807, 2.05) is 11.3 Å². The van der Waals surface area contributed by atoms with E-state index in [0.717, 1.165) is 0 Å². The summed E-state index contributed by atoms with van der Waals surface area (Å²) in [7, 11) is 0. The molecule has 1 heteroatoms. The third kappa shape index (κ3) is 2.79. The van der Waals surface area contributed by atoms with E-state index in [1.54, 1.807) is 0 Å². The first-order valence-electron chi connectivity index (χ1n) is 12.0. The molecule has 1 aromatic heterocycles. The van der Waals surface area contributed by atoms with Crippen LogP contribution in [0.3, 0.4) is 0 Å². The first-order chi connectivity index (χ1) is 17.3. The van der Waals surface area contributed by atoms with Crippen molar-refractivity contribution in [1.82, 2.24) is 0 Å². The molecule has 0 aliphatic heterocycles. The SMILES string of the molecule is c1cc(-c2ccc3sc4ccccc4c3c2)cc(-c2ccc3ccc4cccc5ccc2c3c45)c1. The highest BCUT2D eigenvalue weighted by Crippen LogP contribution is 2.41. The lowest BCUT2D eigenvalue weighted by atomic mass is 9.89. The first-order valence-corrected chi connectivity index (χ1v) is 12.8. The van der Waals surface area contributed by atoms with Crippen molar-refractivity contribution < 1.29 is 0 Å². The first kappa shape index (κ1) is 19.1. The molecule has 0 radical (unpaired) electrons.